The van der Waals surface area contributed by atoms with Gasteiger partial charge in [-0.2, -0.15) is 0 Å². The SMILES string of the molecule is CNC(C(N)=O)c1sccc1C. The third-order valence-corrected chi connectivity index (χ3v) is 2.82. The van der Waals surface area contributed by atoms with Crippen molar-refractivity contribution in [3.63, 3.8) is 0 Å². The average molecular weight is 184 g/mol. The quantitative estimate of drug-likeness (QED) is 0.730. The summed E-state index contributed by atoms with van der Waals surface area (Å²) in [7, 11) is 1.73. The highest BCUT2D eigenvalue weighted by Crippen LogP contribution is 2.22. The number of carbonyl (C=O) groups is 1. The van der Waals surface area contributed by atoms with Gasteiger partial charge in [0, 0.05) is 4.88 Å². The van der Waals surface area contributed by atoms with E-state index in [2.05, 4.69) is 5.32 Å². The minimum atomic E-state index is -0.343. The second-order valence-electron chi connectivity index (χ2n) is 2.59. The molecule has 1 atom stereocenters. The van der Waals surface area contributed by atoms with Gasteiger partial charge in [0.05, 0.1) is 0 Å². The van der Waals surface area contributed by atoms with Crippen molar-refractivity contribution < 1.29 is 4.79 Å². The molecule has 0 radical (unpaired) electrons. The molecule has 0 saturated carbocycles. The number of hydrogen-bond acceptors (Lipinski definition) is 3. The molecular formula is C8H12N2OS. The van der Waals surface area contributed by atoms with Crippen LogP contribution in [0.5, 0.6) is 0 Å². The molecule has 0 saturated heterocycles. The first-order valence-corrected chi connectivity index (χ1v) is 4.55. The van der Waals surface area contributed by atoms with E-state index in [1.807, 2.05) is 18.4 Å². The molecule has 1 unspecified atom stereocenters. The van der Waals surface area contributed by atoms with Gasteiger partial charge in [-0.3, -0.25) is 4.79 Å². The molecule has 0 spiro atoms. The Bertz CT molecular complexity index is 282. The van der Waals surface area contributed by atoms with Gasteiger partial charge < -0.3 is 11.1 Å². The first-order valence-electron chi connectivity index (χ1n) is 3.67. The molecule has 0 fully saturated rings. The highest BCUT2D eigenvalue weighted by molar-refractivity contribution is 7.10. The van der Waals surface area contributed by atoms with Crippen molar-refractivity contribution in [2.75, 3.05) is 7.05 Å². The van der Waals surface area contributed by atoms with Crippen LogP contribution in [0.2, 0.25) is 0 Å². The van der Waals surface area contributed by atoms with Crippen molar-refractivity contribution in [3.8, 4) is 0 Å². The summed E-state index contributed by atoms with van der Waals surface area (Å²) < 4.78 is 0. The van der Waals surface area contributed by atoms with Crippen molar-refractivity contribution in [3.05, 3.63) is 21.9 Å². The Morgan fingerprint density at radius 3 is 2.75 bits per heavy atom. The van der Waals surface area contributed by atoms with Crippen LogP contribution in [0.1, 0.15) is 16.5 Å². The number of carbonyl (C=O) groups excluding carboxylic acids is 1. The Hall–Kier alpha value is -0.870. The van der Waals surface area contributed by atoms with Crippen molar-refractivity contribution in [2.24, 2.45) is 5.73 Å². The number of nitrogens with one attached hydrogen (secondary N) is 1. The number of aryl methyl sites for hydroxylation is 1. The topological polar surface area (TPSA) is 55.1 Å². The van der Waals surface area contributed by atoms with E-state index in [-0.39, 0.29) is 11.9 Å². The number of likely N-dealkylation sites (N-methyl/N-ethyl adjacent to an activating group) is 1. The number of hydrogen-bond donors (Lipinski definition) is 2. The van der Waals surface area contributed by atoms with E-state index in [9.17, 15) is 4.79 Å². The molecule has 0 aliphatic heterocycles. The zero-order valence-corrected chi connectivity index (χ0v) is 7.94. The molecule has 1 heterocycles. The molecule has 1 amide bonds. The molecule has 1 aromatic heterocycles. The van der Waals surface area contributed by atoms with Crippen LogP contribution in [0, 0.1) is 6.92 Å². The van der Waals surface area contributed by atoms with Crippen LogP contribution >= 0.6 is 11.3 Å². The predicted octanol–water partition coefficient (Wildman–Crippen LogP) is 0.802. The lowest BCUT2D eigenvalue weighted by Crippen LogP contribution is -2.30. The normalized spacial score (nSPS) is 12.8. The van der Waals surface area contributed by atoms with Gasteiger partial charge in [0.2, 0.25) is 5.91 Å². The van der Waals surface area contributed by atoms with E-state index in [1.54, 1.807) is 18.4 Å². The van der Waals surface area contributed by atoms with E-state index < -0.39 is 0 Å². The predicted molar refractivity (Wildman–Crippen MR) is 50.1 cm³/mol. The third kappa shape index (κ3) is 1.65. The monoisotopic (exact) mass is 184 g/mol. The van der Waals surface area contributed by atoms with Crippen molar-refractivity contribution in [1.29, 1.82) is 0 Å². The van der Waals surface area contributed by atoms with Gasteiger partial charge in [0.15, 0.2) is 0 Å². The van der Waals surface area contributed by atoms with Gasteiger partial charge >= 0.3 is 0 Å². The van der Waals surface area contributed by atoms with Crippen molar-refractivity contribution >= 4 is 17.2 Å². The van der Waals surface area contributed by atoms with Crippen LogP contribution in [0.3, 0.4) is 0 Å². The standard InChI is InChI=1S/C8H12N2OS/c1-5-3-4-12-7(5)6(10-2)8(9)11/h3-4,6,10H,1-2H3,(H2,9,11). The molecule has 3 nitrogen and oxygen atoms in total. The Labute approximate surface area is 75.6 Å². The molecule has 12 heavy (non-hydrogen) atoms. The summed E-state index contributed by atoms with van der Waals surface area (Å²) in [6.45, 7) is 1.97. The van der Waals surface area contributed by atoms with Crippen LogP contribution in [0.15, 0.2) is 11.4 Å². The Balaban J connectivity index is 2.94. The van der Waals surface area contributed by atoms with Gasteiger partial charge in [0.1, 0.15) is 6.04 Å². The van der Waals surface area contributed by atoms with Crippen LogP contribution in [0.4, 0.5) is 0 Å². The number of primary amides is 1. The number of rotatable bonds is 3. The van der Waals surface area contributed by atoms with Crippen LogP contribution in [-0.4, -0.2) is 13.0 Å². The maximum Gasteiger partial charge on any atom is 0.239 e. The van der Waals surface area contributed by atoms with Gasteiger partial charge in [-0.05, 0) is 31.0 Å². The van der Waals surface area contributed by atoms with Gasteiger partial charge in [-0.15, -0.1) is 11.3 Å². The minimum Gasteiger partial charge on any atom is -0.368 e. The summed E-state index contributed by atoms with van der Waals surface area (Å²) in [5.74, 6) is -0.331. The summed E-state index contributed by atoms with van der Waals surface area (Å²) in [6, 6.07) is 1.64. The number of nitrogens with two attached hydrogens (primary N) is 1. The second-order valence-corrected chi connectivity index (χ2v) is 3.54. The maximum absolute atomic E-state index is 10.9. The molecular weight excluding hydrogens is 172 g/mol. The summed E-state index contributed by atoms with van der Waals surface area (Å²) in [6.07, 6.45) is 0. The zero-order chi connectivity index (χ0) is 9.14. The molecule has 0 bridgehead atoms. The maximum atomic E-state index is 10.9. The highest BCUT2D eigenvalue weighted by Gasteiger charge is 2.17. The molecule has 1 aromatic rings. The molecule has 4 heteroatoms. The Morgan fingerprint density at radius 1 is 1.75 bits per heavy atom. The Morgan fingerprint density at radius 2 is 2.42 bits per heavy atom. The van der Waals surface area contributed by atoms with Crippen molar-refractivity contribution in [2.45, 2.75) is 13.0 Å². The lowest BCUT2D eigenvalue weighted by Gasteiger charge is -2.10. The molecule has 3 N–H and O–H groups in total. The third-order valence-electron chi connectivity index (χ3n) is 1.74. The van der Waals surface area contributed by atoms with Crippen LogP contribution in [-0.2, 0) is 4.79 Å². The largest absolute Gasteiger partial charge is 0.368 e. The summed E-state index contributed by atoms with van der Waals surface area (Å²) in [5.41, 5.74) is 6.32. The van der Waals surface area contributed by atoms with E-state index in [1.165, 1.54) is 0 Å². The van der Waals surface area contributed by atoms with Crippen molar-refractivity contribution in [1.82, 2.24) is 5.32 Å². The number of amides is 1. The lowest BCUT2D eigenvalue weighted by molar-refractivity contribution is -0.119. The molecule has 0 aromatic carbocycles. The first-order chi connectivity index (χ1) is 5.66. The molecule has 0 aliphatic carbocycles. The van der Waals surface area contributed by atoms with Crippen LogP contribution in [0.25, 0.3) is 0 Å². The summed E-state index contributed by atoms with van der Waals surface area (Å²) in [4.78, 5) is 12.0. The lowest BCUT2D eigenvalue weighted by atomic mass is 10.1. The second kappa shape index (κ2) is 3.69. The Kier molecular flexibility index (Phi) is 2.83. The van der Waals surface area contributed by atoms with Crippen LogP contribution < -0.4 is 11.1 Å². The highest BCUT2D eigenvalue weighted by atomic mass is 32.1. The van der Waals surface area contributed by atoms with Gasteiger partial charge in [0.25, 0.3) is 0 Å². The fraction of sp³-hybridized carbons (Fsp3) is 0.375. The summed E-state index contributed by atoms with van der Waals surface area (Å²) >= 11 is 1.55. The fourth-order valence-corrected chi connectivity index (χ4v) is 2.13. The zero-order valence-electron chi connectivity index (χ0n) is 7.13. The molecule has 66 valence electrons. The van der Waals surface area contributed by atoms with E-state index in [4.69, 9.17) is 5.73 Å². The van der Waals surface area contributed by atoms with E-state index in [0.717, 1.165) is 10.4 Å². The van der Waals surface area contributed by atoms with E-state index in [0.29, 0.717) is 0 Å². The average Bonchev–Trinajstić information content (AvgIpc) is 2.38. The van der Waals surface area contributed by atoms with E-state index >= 15 is 0 Å². The smallest absolute Gasteiger partial charge is 0.239 e. The first kappa shape index (κ1) is 9.22. The van der Waals surface area contributed by atoms with Gasteiger partial charge in [-0.25, -0.2) is 0 Å². The summed E-state index contributed by atoms with van der Waals surface area (Å²) in [5, 5.41) is 4.84. The molecule has 0 aliphatic rings. The fourth-order valence-electron chi connectivity index (χ4n) is 1.08. The van der Waals surface area contributed by atoms with Gasteiger partial charge in [-0.1, -0.05) is 0 Å². The number of thiophene rings is 1. The minimum absolute atomic E-state index is 0.331. The molecule has 1 rings (SSSR count).